The standard InChI is InChI=1S/C31H34F3N3O8S/c1-15-9-7-8-10-20(15)29(31(5,6)41)46-30-28(44-18(4)40)26(27(43-17(3)39)24(45-30)14-42-16(2)38)37-13-23(35-36-37)19-11-21(32)25(34)22(33)12-19/h7-13,24,26-30,41H,14H2,1-6H3/t24-,26+,27+,28-,29?,30+/m1/s1. The third kappa shape index (κ3) is 8.06. The second-order valence-corrected chi connectivity index (χ2v) is 12.6. The summed E-state index contributed by atoms with van der Waals surface area (Å²) >= 11 is 1.12. The zero-order valence-corrected chi connectivity index (χ0v) is 26.7. The molecular weight excluding hydrogens is 631 g/mol. The van der Waals surface area contributed by atoms with Gasteiger partial charge in [0, 0.05) is 26.3 Å². The van der Waals surface area contributed by atoms with Crippen molar-refractivity contribution in [1.82, 2.24) is 15.0 Å². The van der Waals surface area contributed by atoms with Crippen molar-refractivity contribution in [3.63, 3.8) is 0 Å². The Kier molecular flexibility index (Phi) is 10.8. The summed E-state index contributed by atoms with van der Waals surface area (Å²) in [6.07, 6.45) is -2.46. The number of carbonyl (C=O) groups is 3. The molecule has 0 radical (unpaired) electrons. The zero-order valence-electron chi connectivity index (χ0n) is 25.9. The minimum Gasteiger partial charge on any atom is -0.463 e. The Labute approximate surface area is 267 Å². The van der Waals surface area contributed by atoms with Crippen LogP contribution in [-0.4, -0.2) is 74.0 Å². The number of carbonyl (C=O) groups excluding carboxylic acids is 3. The molecular formula is C31H34F3N3O8S. The zero-order chi connectivity index (χ0) is 33.9. The molecule has 0 bridgehead atoms. The lowest BCUT2D eigenvalue weighted by Gasteiger charge is -2.46. The SMILES string of the molecule is CC(=O)OC[C@H]1O[C@@H](SC(c2ccccc2C)C(C)(C)O)[C@H](OC(C)=O)[C@@H](n2cc(-c3cc(F)c(F)c(F)c3)nn2)[C@H]1OC(C)=O. The summed E-state index contributed by atoms with van der Waals surface area (Å²) in [5.74, 6) is -6.69. The lowest BCUT2D eigenvalue weighted by Crippen LogP contribution is -2.58. The van der Waals surface area contributed by atoms with Crippen molar-refractivity contribution in [2.24, 2.45) is 0 Å². The summed E-state index contributed by atoms with van der Waals surface area (Å²) in [5, 5.41) is 18.7. The van der Waals surface area contributed by atoms with Crippen molar-refractivity contribution >= 4 is 29.7 Å². The fraction of sp³-hybridized carbons (Fsp3) is 0.452. The average Bonchev–Trinajstić information content (AvgIpc) is 3.44. The minimum absolute atomic E-state index is 0.0811. The molecule has 15 heteroatoms. The van der Waals surface area contributed by atoms with Crippen molar-refractivity contribution in [3.05, 3.63) is 71.2 Å². The molecule has 1 aliphatic heterocycles. The van der Waals surface area contributed by atoms with E-state index in [1.807, 2.05) is 31.2 Å². The number of benzene rings is 2. The van der Waals surface area contributed by atoms with Gasteiger partial charge in [-0.15, -0.1) is 16.9 Å². The van der Waals surface area contributed by atoms with Crippen molar-refractivity contribution in [3.8, 4) is 11.3 Å². The summed E-state index contributed by atoms with van der Waals surface area (Å²) in [6.45, 7) is 8.20. The van der Waals surface area contributed by atoms with Gasteiger partial charge in [0.05, 0.1) is 17.0 Å². The Morgan fingerprint density at radius 2 is 1.63 bits per heavy atom. The van der Waals surface area contributed by atoms with E-state index in [4.69, 9.17) is 18.9 Å². The summed E-state index contributed by atoms with van der Waals surface area (Å²) in [4.78, 5) is 36.7. The molecule has 1 fully saturated rings. The van der Waals surface area contributed by atoms with Crippen LogP contribution in [0.1, 0.15) is 57.0 Å². The number of esters is 3. The first-order chi connectivity index (χ1) is 21.6. The first-order valence-electron chi connectivity index (χ1n) is 14.2. The summed E-state index contributed by atoms with van der Waals surface area (Å²) < 4.78 is 66.0. The van der Waals surface area contributed by atoms with Crippen LogP contribution in [0.2, 0.25) is 0 Å². The quantitative estimate of drug-likeness (QED) is 0.185. The number of hydrogen-bond donors (Lipinski definition) is 1. The highest BCUT2D eigenvalue weighted by Crippen LogP contribution is 2.48. The third-order valence-electron chi connectivity index (χ3n) is 7.15. The molecule has 0 spiro atoms. The Bertz CT molecular complexity index is 1570. The number of aliphatic hydroxyl groups is 1. The maximum Gasteiger partial charge on any atom is 0.303 e. The van der Waals surface area contributed by atoms with Crippen LogP contribution in [0.15, 0.2) is 42.6 Å². The number of aryl methyl sites for hydroxylation is 1. The van der Waals surface area contributed by atoms with Crippen LogP contribution < -0.4 is 0 Å². The average molecular weight is 666 g/mol. The Balaban J connectivity index is 1.87. The van der Waals surface area contributed by atoms with E-state index in [1.165, 1.54) is 17.8 Å². The molecule has 3 aromatic rings. The molecule has 0 saturated carbocycles. The van der Waals surface area contributed by atoms with E-state index in [9.17, 15) is 32.7 Å². The van der Waals surface area contributed by atoms with Gasteiger partial charge in [0.1, 0.15) is 29.9 Å². The van der Waals surface area contributed by atoms with Gasteiger partial charge >= 0.3 is 17.9 Å². The van der Waals surface area contributed by atoms with Gasteiger partial charge in [-0.3, -0.25) is 14.4 Å². The molecule has 248 valence electrons. The molecule has 6 atom stereocenters. The van der Waals surface area contributed by atoms with Crippen LogP contribution >= 0.6 is 11.8 Å². The van der Waals surface area contributed by atoms with E-state index in [0.29, 0.717) is 0 Å². The summed E-state index contributed by atoms with van der Waals surface area (Å²) in [6, 6.07) is 7.66. The van der Waals surface area contributed by atoms with Gasteiger partial charge in [0.25, 0.3) is 0 Å². The maximum atomic E-state index is 14.1. The Morgan fingerprint density at radius 1 is 1.02 bits per heavy atom. The second-order valence-electron chi connectivity index (χ2n) is 11.3. The molecule has 1 unspecified atom stereocenters. The van der Waals surface area contributed by atoms with Crippen molar-refractivity contribution in [2.45, 2.75) is 82.2 Å². The van der Waals surface area contributed by atoms with Gasteiger partial charge in [-0.05, 0) is 44.0 Å². The topological polar surface area (TPSA) is 139 Å². The van der Waals surface area contributed by atoms with E-state index in [-0.39, 0.29) is 17.9 Å². The van der Waals surface area contributed by atoms with Gasteiger partial charge in [-0.2, -0.15) is 0 Å². The Morgan fingerprint density at radius 3 is 2.20 bits per heavy atom. The van der Waals surface area contributed by atoms with E-state index in [0.717, 1.165) is 48.9 Å². The predicted molar refractivity (Wildman–Crippen MR) is 159 cm³/mol. The molecule has 1 N–H and O–H groups in total. The molecule has 0 amide bonds. The molecule has 46 heavy (non-hydrogen) atoms. The van der Waals surface area contributed by atoms with Crippen LogP contribution in [-0.2, 0) is 33.3 Å². The number of ether oxygens (including phenoxy) is 4. The number of aromatic nitrogens is 3. The monoisotopic (exact) mass is 665 g/mol. The van der Waals surface area contributed by atoms with Gasteiger partial charge in [0.15, 0.2) is 29.7 Å². The number of rotatable bonds is 10. The van der Waals surface area contributed by atoms with E-state index >= 15 is 0 Å². The van der Waals surface area contributed by atoms with Crippen LogP contribution in [0.3, 0.4) is 0 Å². The van der Waals surface area contributed by atoms with Crippen LogP contribution in [0.25, 0.3) is 11.3 Å². The van der Waals surface area contributed by atoms with Gasteiger partial charge < -0.3 is 24.1 Å². The lowest BCUT2D eigenvalue weighted by molar-refractivity contribution is -0.212. The number of nitrogens with zero attached hydrogens (tertiary/aromatic N) is 3. The van der Waals surface area contributed by atoms with Crippen molar-refractivity contribution in [2.75, 3.05) is 6.61 Å². The molecule has 2 aromatic carbocycles. The third-order valence-corrected chi connectivity index (χ3v) is 8.90. The van der Waals surface area contributed by atoms with Crippen molar-refractivity contribution in [1.29, 1.82) is 0 Å². The molecule has 1 aliphatic rings. The van der Waals surface area contributed by atoms with Crippen LogP contribution in [0, 0.1) is 24.4 Å². The molecule has 4 rings (SSSR count). The summed E-state index contributed by atoms with van der Waals surface area (Å²) in [7, 11) is 0. The highest BCUT2D eigenvalue weighted by atomic mass is 32.2. The van der Waals surface area contributed by atoms with E-state index < -0.39 is 76.0 Å². The number of hydrogen-bond acceptors (Lipinski definition) is 11. The Hall–Kier alpha value is -3.95. The fourth-order valence-electron chi connectivity index (χ4n) is 5.19. The molecule has 11 nitrogen and oxygen atoms in total. The minimum atomic E-state index is -1.66. The lowest BCUT2D eigenvalue weighted by atomic mass is 9.94. The van der Waals surface area contributed by atoms with Gasteiger partial charge in [-0.25, -0.2) is 17.9 Å². The first kappa shape index (κ1) is 34.9. The van der Waals surface area contributed by atoms with E-state index in [1.54, 1.807) is 13.8 Å². The first-order valence-corrected chi connectivity index (χ1v) is 15.1. The predicted octanol–water partition coefficient (Wildman–Crippen LogP) is 4.61. The highest BCUT2D eigenvalue weighted by molar-refractivity contribution is 8.00. The van der Waals surface area contributed by atoms with Crippen LogP contribution in [0.5, 0.6) is 0 Å². The smallest absolute Gasteiger partial charge is 0.303 e. The molecule has 0 aliphatic carbocycles. The van der Waals surface area contributed by atoms with Gasteiger partial charge in [-0.1, -0.05) is 29.5 Å². The molecule has 2 heterocycles. The second kappa shape index (κ2) is 14.2. The largest absolute Gasteiger partial charge is 0.463 e. The van der Waals surface area contributed by atoms with Crippen LogP contribution in [0.4, 0.5) is 13.2 Å². The van der Waals surface area contributed by atoms with Gasteiger partial charge in [0.2, 0.25) is 0 Å². The summed E-state index contributed by atoms with van der Waals surface area (Å²) in [5.41, 5.74) is -1.03. The highest BCUT2D eigenvalue weighted by Gasteiger charge is 2.53. The molecule has 1 saturated heterocycles. The normalized spacial score (nSPS) is 22.2. The van der Waals surface area contributed by atoms with E-state index in [2.05, 4.69) is 10.3 Å². The maximum absolute atomic E-state index is 14.1. The fourth-order valence-corrected chi connectivity index (χ4v) is 6.78. The number of halogens is 3. The molecule has 1 aromatic heterocycles. The number of thioether (sulfide) groups is 1. The van der Waals surface area contributed by atoms with Crippen molar-refractivity contribution < 1.29 is 51.6 Å².